The Labute approximate surface area is 195 Å². The molecule has 0 aliphatic carbocycles. The SMILES string of the molecule is C[C@@H](c1nc2ccccc2s1)N1CCN(C(=O)CSc2nncn2-c2ccccc2)CC1. The van der Waals surface area contributed by atoms with Crippen molar-refractivity contribution in [1.82, 2.24) is 29.5 Å². The topological polar surface area (TPSA) is 67.2 Å². The monoisotopic (exact) mass is 464 g/mol. The Hall–Kier alpha value is -2.75. The summed E-state index contributed by atoms with van der Waals surface area (Å²) in [6, 6.07) is 18.5. The lowest BCUT2D eigenvalue weighted by Gasteiger charge is -2.37. The first-order valence-corrected chi connectivity index (χ1v) is 12.4. The minimum atomic E-state index is 0.143. The first kappa shape index (κ1) is 21.1. The van der Waals surface area contributed by atoms with Crippen LogP contribution in [0.1, 0.15) is 18.0 Å². The molecule has 0 radical (unpaired) electrons. The molecule has 4 aromatic rings. The van der Waals surface area contributed by atoms with Crippen molar-refractivity contribution < 1.29 is 4.79 Å². The standard InChI is InChI=1S/C23H24N6OS2/c1-17(22-25-19-9-5-6-10-20(19)32-22)27-11-13-28(14-12-27)21(30)15-31-23-26-24-16-29(23)18-7-3-2-4-8-18/h2-10,16-17H,11-15H2,1H3/t17-/m0/s1. The number of thioether (sulfide) groups is 1. The maximum Gasteiger partial charge on any atom is 0.233 e. The molecule has 1 atom stereocenters. The van der Waals surface area contributed by atoms with Crippen LogP contribution in [0, 0.1) is 0 Å². The van der Waals surface area contributed by atoms with Crippen molar-refractivity contribution in [2.45, 2.75) is 18.1 Å². The van der Waals surface area contributed by atoms with E-state index in [1.54, 1.807) is 17.7 Å². The highest BCUT2D eigenvalue weighted by atomic mass is 32.2. The van der Waals surface area contributed by atoms with E-state index >= 15 is 0 Å². The van der Waals surface area contributed by atoms with Crippen molar-refractivity contribution in [3.05, 3.63) is 65.9 Å². The van der Waals surface area contributed by atoms with Crippen LogP contribution in [-0.2, 0) is 4.79 Å². The molecule has 1 amide bonds. The fourth-order valence-electron chi connectivity index (χ4n) is 3.89. The molecule has 164 valence electrons. The van der Waals surface area contributed by atoms with E-state index in [0.717, 1.165) is 47.5 Å². The normalized spacial score (nSPS) is 15.8. The first-order chi connectivity index (χ1) is 15.7. The highest BCUT2D eigenvalue weighted by molar-refractivity contribution is 7.99. The predicted molar refractivity (Wildman–Crippen MR) is 128 cm³/mol. The second-order valence-electron chi connectivity index (χ2n) is 7.72. The Kier molecular flexibility index (Phi) is 6.20. The van der Waals surface area contributed by atoms with Gasteiger partial charge in [0, 0.05) is 31.9 Å². The fourth-order valence-corrected chi connectivity index (χ4v) is 5.78. The summed E-state index contributed by atoms with van der Waals surface area (Å²) in [5, 5.41) is 10.1. The Morgan fingerprint density at radius 3 is 2.59 bits per heavy atom. The molecule has 1 saturated heterocycles. The quantitative estimate of drug-likeness (QED) is 0.404. The van der Waals surface area contributed by atoms with Crippen LogP contribution >= 0.6 is 23.1 Å². The number of thiazole rings is 1. The molecule has 3 heterocycles. The number of rotatable bonds is 6. The lowest BCUT2D eigenvalue weighted by Crippen LogP contribution is -2.49. The Morgan fingerprint density at radius 2 is 1.81 bits per heavy atom. The maximum absolute atomic E-state index is 12.8. The van der Waals surface area contributed by atoms with Gasteiger partial charge in [-0.2, -0.15) is 0 Å². The molecule has 32 heavy (non-hydrogen) atoms. The van der Waals surface area contributed by atoms with E-state index in [1.165, 1.54) is 16.5 Å². The summed E-state index contributed by atoms with van der Waals surface area (Å²) < 4.78 is 3.14. The number of hydrogen-bond donors (Lipinski definition) is 0. The summed E-state index contributed by atoms with van der Waals surface area (Å²) in [7, 11) is 0. The summed E-state index contributed by atoms with van der Waals surface area (Å²) in [4.78, 5) is 22.0. The lowest BCUT2D eigenvalue weighted by atomic mass is 10.2. The number of amides is 1. The van der Waals surface area contributed by atoms with Gasteiger partial charge in [0.2, 0.25) is 5.91 Å². The van der Waals surface area contributed by atoms with Gasteiger partial charge in [0.1, 0.15) is 11.3 Å². The molecule has 0 bridgehead atoms. The summed E-state index contributed by atoms with van der Waals surface area (Å²) in [5.74, 6) is 0.503. The summed E-state index contributed by atoms with van der Waals surface area (Å²) >= 11 is 3.19. The molecular formula is C23H24N6OS2. The van der Waals surface area contributed by atoms with Crippen LogP contribution in [0.5, 0.6) is 0 Å². The third kappa shape index (κ3) is 4.41. The van der Waals surface area contributed by atoms with Crippen molar-refractivity contribution in [2.75, 3.05) is 31.9 Å². The molecule has 7 nitrogen and oxygen atoms in total. The number of aromatic nitrogens is 4. The Bertz CT molecular complexity index is 1170. The van der Waals surface area contributed by atoms with Gasteiger partial charge >= 0.3 is 0 Å². The van der Waals surface area contributed by atoms with Gasteiger partial charge in [-0.1, -0.05) is 42.1 Å². The fraction of sp³-hybridized carbons (Fsp3) is 0.304. The van der Waals surface area contributed by atoms with Crippen LogP contribution in [-0.4, -0.2) is 67.4 Å². The minimum absolute atomic E-state index is 0.143. The van der Waals surface area contributed by atoms with Gasteiger partial charge < -0.3 is 4.90 Å². The van der Waals surface area contributed by atoms with Gasteiger partial charge in [-0.15, -0.1) is 21.5 Å². The van der Waals surface area contributed by atoms with Crippen LogP contribution in [0.2, 0.25) is 0 Å². The van der Waals surface area contributed by atoms with Gasteiger partial charge in [-0.25, -0.2) is 4.98 Å². The second kappa shape index (κ2) is 9.40. The van der Waals surface area contributed by atoms with Crippen molar-refractivity contribution >= 4 is 39.2 Å². The summed E-state index contributed by atoms with van der Waals surface area (Å²) in [6.07, 6.45) is 1.68. The number of benzene rings is 2. The number of fused-ring (bicyclic) bond motifs is 1. The maximum atomic E-state index is 12.8. The van der Waals surface area contributed by atoms with E-state index in [-0.39, 0.29) is 11.9 Å². The van der Waals surface area contributed by atoms with Crippen LogP contribution in [0.4, 0.5) is 0 Å². The van der Waals surface area contributed by atoms with Gasteiger partial charge in [0.15, 0.2) is 5.16 Å². The van der Waals surface area contributed by atoms with Crippen LogP contribution in [0.15, 0.2) is 66.1 Å². The van der Waals surface area contributed by atoms with Crippen molar-refractivity contribution in [3.8, 4) is 5.69 Å². The smallest absolute Gasteiger partial charge is 0.233 e. The Balaban J connectivity index is 1.15. The number of carbonyl (C=O) groups excluding carboxylic acids is 1. The zero-order chi connectivity index (χ0) is 21.9. The highest BCUT2D eigenvalue weighted by Crippen LogP contribution is 2.30. The zero-order valence-corrected chi connectivity index (χ0v) is 19.4. The molecule has 5 rings (SSSR count). The number of piperazine rings is 1. The third-order valence-electron chi connectivity index (χ3n) is 5.76. The van der Waals surface area contributed by atoms with E-state index in [0.29, 0.717) is 5.75 Å². The molecule has 0 N–H and O–H groups in total. The number of para-hydroxylation sites is 2. The largest absolute Gasteiger partial charge is 0.339 e. The molecule has 2 aromatic carbocycles. The van der Waals surface area contributed by atoms with Gasteiger partial charge in [0.05, 0.1) is 22.0 Å². The number of nitrogens with zero attached hydrogens (tertiary/aromatic N) is 6. The number of carbonyl (C=O) groups is 1. The van der Waals surface area contributed by atoms with Crippen LogP contribution in [0.3, 0.4) is 0 Å². The lowest BCUT2D eigenvalue weighted by molar-refractivity contribution is -0.130. The third-order valence-corrected chi connectivity index (χ3v) is 7.89. The molecule has 2 aromatic heterocycles. The first-order valence-electron chi connectivity index (χ1n) is 10.6. The van der Waals surface area contributed by atoms with Crippen molar-refractivity contribution in [1.29, 1.82) is 0 Å². The summed E-state index contributed by atoms with van der Waals surface area (Å²) in [5.41, 5.74) is 2.05. The van der Waals surface area contributed by atoms with E-state index < -0.39 is 0 Å². The summed E-state index contributed by atoms with van der Waals surface area (Å²) in [6.45, 7) is 5.39. The highest BCUT2D eigenvalue weighted by Gasteiger charge is 2.26. The average Bonchev–Trinajstić information content (AvgIpc) is 3.50. The Morgan fingerprint density at radius 1 is 1.06 bits per heavy atom. The van der Waals surface area contributed by atoms with E-state index in [2.05, 4.69) is 40.2 Å². The predicted octanol–water partition coefficient (Wildman–Crippen LogP) is 3.87. The van der Waals surface area contributed by atoms with Crippen LogP contribution < -0.4 is 0 Å². The van der Waals surface area contributed by atoms with E-state index in [4.69, 9.17) is 4.98 Å². The molecular weight excluding hydrogens is 440 g/mol. The minimum Gasteiger partial charge on any atom is -0.339 e. The van der Waals surface area contributed by atoms with Crippen molar-refractivity contribution in [3.63, 3.8) is 0 Å². The van der Waals surface area contributed by atoms with E-state index in [1.807, 2.05) is 45.9 Å². The molecule has 1 aliphatic rings. The number of hydrogen-bond acceptors (Lipinski definition) is 7. The van der Waals surface area contributed by atoms with Crippen molar-refractivity contribution in [2.24, 2.45) is 0 Å². The zero-order valence-electron chi connectivity index (χ0n) is 17.8. The molecule has 1 fully saturated rings. The molecule has 9 heteroatoms. The molecule has 1 aliphatic heterocycles. The second-order valence-corrected chi connectivity index (χ2v) is 9.73. The average molecular weight is 465 g/mol. The van der Waals surface area contributed by atoms with Gasteiger partial charge in [-0.05, 0) is 31.2 Å². The molecule has 0 unspecified atom stereocenters. The van der Waals surface area contributed by atoms with Gasteiger partial charge in [0.25, 0.3) is 0 Å². The molecule has 0 saturated carbocycles. The molecule has 0 spiro atoms. The van der Waals surface area contributed by atoms with E-state index in [9.17, 15) is 4.79 Å². The van der Waals surface area contributed by atoms with Crippen LogP contribution in [0.25, 0.3) is 15.9 Å². The van der Waals surface area contributed by atoms with Gasteiger partial charge in [-0.3, -0.25) is 14.3 Å².